The van der Waals surface area contributed by atoms with Gasteiger partial charge in [0.15, 0.2) is 0 Å². The molecule has 0 heterocycles. The molecule has 3 nitrogen and oxygen atoms in total. The van der Waals surface area contributed by atoms with Crippen LogP contribution in [0.2, 0.25) is 0 Å². The Hall–Kier alpha value is -1.06. The summed E-state index contributed by atoms with van der Waals surface area (Å²) in [5, 5.41) is -0.515. The van der Waals surface area contributed by atoms with Crippen LogP contribution >= 0.6 is 11.6 Å². The van der Waals surface area contributed by atoms with E-state index in [4.69, 9.17) is 17.4 Å². The molecule has 0 radical (unpaired) electrons. The standard InChI is InChI=1S/C7H7ClN2O/c8-7(11)5-3-1-2-4-6(5)10-9/h1-4,10H,9H2. The Bertz CT molecular complexity index is 275. The second-order valence-corrected chi connectivity index (χ2v) is 2.31. The Labute approximate surface area is 69.1 Å². The van der Waals surface area contributed by atoms with Crippen LogP contribution < -0.4 is 11.3 Å². The third-order valence-electron chi connectivity index (χ3n) is 1.29. The van der Waals surface area contributed by atoms with Gasteiger partial charge in [0.2, 0.25) is 0 Å². The van der Waals surface area contributed by atoms with E-state index in [0.717, 1.165) is 0 Å². The van der Waals surface area contributed by atoms with E-state index < -0.39 is 5.24 Å². The van der Waals surface area contributed by atoms with E-state index in [1.807, 2.05) is 0 Å². The van der Waals surface area contributed by atoms with Crippen molar-refractivity contribution in [3.63, 3.8) is 0 Å². The van der Waals surface area contributed by atoms with E-state index in [1.165, 1.54) is 0 Å². The van der Waals surface area contributed by atoms with Crippen molar-refractivity contribution in [2.45, 2.75) is 0 Å². The zero-order valence-electron chi connectivity index (χ0n) is 5.67. The van der Waals surface area contributed by atoms with Crippen LogP contribution in [-0.2, 0) is 0 Å². The molecular weight excluding hydrogens is 164 g/mol. The van der Waals surface area contributed by atoms with E-state index in [9.17, 15) is 4.79 Å². The van der Waals surface area contributed by atoms with Gasteiger partial charge in [-0.3, -0.25) is 10.6 Å². The summed E-state index contributed by atoms with van der Waals surface area (Å²) < 4.78 is 0. The molecule has 0 atom stereocenters. The summed E-state index contributed by atoms with van der Waals surface area (Å²) in [6.45, 7) is 0. The zero-order valence-corrected chi connectivity index (χ0v) is 6.43. The first-order chi connectivity index (χ1) is 5.25. The Kier molecular flexibility index (Phi) is 2.46. The van der Waals surface area contributed by atoms with Crippen LogP contribution in [0.1, 0.15) is 10.4 Å². The number of carbonyl (C=O) groups excluding carboxylic acids is 1. The molecule has 0 aliphatic heterocycles. The molecule has 1 rings (SSSR count). The lowest BCUT2D eigenvalue weighted by atomic mass is 10.2. The van der Waals surface area contributed by atoms with Crippen molar-refractivity contribution in [2.75, 3.05) is 5.43 Å². The topological polar surface area (TPSA) is 55.1 Å². The highest BCUT2D eigenvalue weighted by atomic mass is 35.5. The molecule has 0 fully saturated rings. The molecule has 0 aliphatic rings. The minimum atomic E-state index is -0.515. The highest BCUT2D eigenvalue weighted by molar-refractivity contribution is 6.68. The summed E-state index contributed by atoms with van der Waals surface area (Å²) in [7, 11) is 0. The SMILES string of the molecule is NNc1ccccc1C(=O)Cl. The second-order valence-electron chi connectivity index (χ2n) is 1.96. The summed E-state index contributed by atoms with van der Waals surface area (Å²) in [5.41, 5.74) is 3.29. The first-order valence-electron chi connectivity index (χ1n) is 3.01. The normalized spacial score (nSPS) is 9.27. The van der Waals surface area contributed by atoms with Crippen LogP contribution in [0.3, 0.4) is 0 Å². The maximum absolute atomic E-state index is 10.7. The van der Waals surface area contributed by atoms with Gasteiger partial charge in [-0.1, -0.05) is 12.1 Å². The summed E-state index contributed by atoms with van der Waals surface area (Å²) in [4.78, 5) is 10.7. The molecule has 0 aliphatic carbocycles. The number of carbonyl (C=O) groups is 1. The van der Waals surface area contributed by atoms with Crippen molar-refractivity contribution in [1.82, 2.24) is 0 Å². The van der Waals surface area contributed by atoms with Crippen molar-refractivity contribution in [3.05, 3.63) is 29.8 Å². The number of halogens is 1. The molecule has 0 saturated carbocycles. The van der Waals surface area contributed by atoms with Gasteiger partial charge in [-0.25, -0.2) is 0 Å². The predicted octanol–water partition coefficient (Wildman–Crippen LogP) is 1.35. The van der Waals surface area contributed by atoms with Gasteiger partial charge in [-0.2, -0.15) is 0 Å². The number of hydrazine groups is 1. The summed E-state index contributed by atoms with van der Waals surface area (Å²) in [6, 6.07) is 6.76. The van der Waals surface area contributed by atoms with E-state index in [1.54, 1.807) is 24.3 Å². The second kappa shape index (κ2) is 3.37. The van der Waals surface area contributed by atoms with E-state index in [0.29, 0.717) is 11.3 Å². The molecule has 0 bridgehead atoms. The summed E-state index contributed by atoms with van der Waals surface area (Å²) in [5.74, 6) is 5.13. The van der Waals surface area contributed by atoms with Crippen molar-refractivity contribution in [3.8, 4) is 0 Å². The number of hydrogen-bond acceptors (Lipinski definition) is 3. The molecule has 58 valence electrons. The van der Waals surface area contributed by atoms with Gasteiger partial charge < -0.3 is 5.43 Å². The quantitative estimate of drug-likeness (QED) is 0.400. The molecule has 1 aromatic carbocycles. The fourth-order valence-corrected chi connectivity index (χ4v) is 0.945. The molecule has 0 unspecified atom stereocenters. The Morgan fingerprint density at radius 2 is 2.09 bits per heavy atom. The van der Waals surface area contributed by atoms with E-state index >= 15 is 0 Å². The van der Waals surface area contributed by atoms with Crippen LogP contribution in [0, 0.1) is 0 Å². The van der Waals surface area contributed by atoms with Gasteiger partial charge in [0.1, 0.15) is 0 Å². The average molecular weight is 171 g/mol. The maximum atomic E-state index is 10.7. The van der Waals surface area contributed by atoms with Gasteiger partial charge >= 0.3 is 0 Å². The van der Waals surface area contributed by atoms with Gasteiger partial charge in [0, 0.05) is 0 Å². The van der Waals surface area contributed by atoms with Gasteiger partial charge in [-0.05, 0) is 23.7 Å². The van der Waals surface area contributed by atoms with E-state index in [-0.39, 0.29) is 0 Å². The van der Waals surface area contributed by atoms with Crippen molar-refractivity contribution in [1.29, 1.82) is 0 Å². The molecule has 0 aromatic heterocycles. The molecule has 1 aromatic rings. The third-order valence-corrected chi connectivity index (χ3v) is 1.50. The first kappa shape index (κ1) is 8.04. The highest BCUT2D eigenvalue weighted by Crippen LogP contribution is 2.15. The average Bonchev–Trinajstić information content (AvgIpc) is 2.04. The molecular formula is C7H7ClN2O. The molecule has 0 spiro atoms. The van der Waals surface area contributed by atoms with Crippen LogP contribution in [-0.4, -0.2) is 5.24 Å². The van der Waals surface area contributed by atoms with Gasteiger partial charge in [0.25, 0.3) is 5.24 Å². The van der Waals surface area contributed by atoms with Gasteiger partial charge in [0.05, 0.1) is 11.3 Å². The molecule has 3 N–H and O–H groups in total. The van der Waals surface area contributed by atoms with Crippen LogP contribution in [0.25, 0.3) is 0 Å². The number of benzene rings is 1. The molecule has 4 heteroatoms. The molecule has 0 saturated heterocycles. The number of rotatable bonds is 2. The summed E-state index contributed by atoms with van der Waals surface area (Å²) >= 11 is 5.25. The minimum Gasteiger partial charge on any atom is -0.323 e. The molecule has 11 heavy (non-hydrogen) atoms. The monoisotopic (exact) mass is 170 g/mol. The van der Waals surface area contributed by atoms with Crippen LogP contribution in [0.5, 0.6) is 0 Å². The Balaban J connectivity index is 3.12. The largest absolute Gasteiger partial charge is 0.323 e. The predicted molar refractivity (Wildman–Crippen MR) is 44.4 cm³/mol. The molecule has 0 amide bonds. The Morgan fingerprint density at radius 1 is 1.45 bits per heavy atom. The summed E-state index contributed by atoms with van der Waals surface area (Å²) in [6.07, 6.45) is 0. The zero-order chi connectivity index (χ0) is 8.27. The van der Waals surface area contributed by atoms with Gasteiger partial charge in [-0.15, -0.1) is 0 Å². The lowest BCUT2D eigenvalue weighted by molar-refractivity contribution is 0.108. The number of anilines is 1. The highest BCUT2D eigenvalue weighted by Gasteiger charge is 2.05. The number of nitrogens with two attached hydrogens (primary N) is 1. The number of hydrogen-bond donors (Lipinski definition) is 2. The minimum absolute atomic E-state index is 0.386. The van der Waals surface area contributed by atoms with Crippen molar-refractivity contribution < 1.29 is 4.79 Å². The lowest BCUT2D eigenvalue weighted by Gasteiger charge is -2.02. The fourth-order valence-electron chi connectivity index (χ4n) is 0.780. The van der Waals surface area contributed by atoms with Crippen LogP contribution in [0.15, 0.2) is 24.3 Å². The fraction of sp³-hybridized carbons (Fsp3) is 0. The number of para-hydroxylation sites is 1. The third kappa shape index (κ3) is 1.69. The Morgan fingerprint density at radius 3 is 2.55 bits per heavy atom. The first-order valence-corrected chi connectivity index (χ1v) is 3.39. The van der Waals surface area contributed by atoms with Crippen LogP contribution in [0.4, 0.5) is 5.69 Å². The maximum Gasteiger partial charge on any atom is 0.254 e. The smallest absolute Gasteiger partial charge is 0.254 e. The lowest BCUT2D eigenvalue weighted by Crippen LogP contribution is -2.09. The van der Waals surface area contributed by atoms with Crippen molar-refractivity contribution >= 4 is 22.5 Å². The number of nitrogen functional groups attached to an aromatic ring is 1. The van der Waals surface area contributed by atoms with Crippen molar-refractivity contribution in [2.24, 2.45) is 5.84 Å². The van der Waals surface area contributed by atoms with E-state index in [2.05, 4.69) is 5.43 Å². The number of nitrogens with one attached hydrogen (secondary N) is 1.